The van der Waals surface area contributed by atoms with E-state index in [1.165, 1.54) is 0 Å². The average molecular weight is 428 g/mol. The fraction of sp³-hybridized carbons (Fsp3) is 0.600. The van der Waals surface area contributed by atoms with Gasteiger partial charge >= 0.3 is 5.63 Å². The van der Waals surface area contributed by atoms with Crippen LogP contribution in [0.15, 0.2) is 33.5 Å². The number of likely N-dealkylation sites (tertiary alicyclic amines) is 1. The summed E-state index contributed by atoms with van der Waals surface area (Å²) in [5.74, 6) is 0.601. The van der Waals surface area contributed by atoms with Crippen LogP contribution in [-0.4, -0.2) is 40.7 Å². The van der Waals surface area contributed by atoms with Crippen molar-refractivity contribution in [1.82, 2.24) is 4.90 Å². The molecule has 1 N–H and O–H groups in total. The topological polar surface area (TPSA) is 80.0 Å². The van der Waals surface area contributed by atoms with Crippen LogP contribution in [0.2, 0.25) is 0 Å². The Bertz CT molecular complexity index is 999. The summed E-state index contributed by atoms with van der Waals surface area (Å²) >= 11 is 0. The summed E-state index contributed by atoms with van der Waals surface area (Å²) in [6.45, 7) is 5.03. The van der Waals surface area contributed by atoms with Gasteiger partial charge in [0.1, 0.15) is 11.3 Å². The zero-order valence-corrected chi connectivity index (χ0v) is 18.6. The van der Waals surface area contributed by atoms with Crippen molar-refractivity contribution in [3.05, 3.63) is 40.2 Å². The van der Waals surface area contributed by atoms with E-state index >= 15 is 0 Å². The van der Waals surface area contributed by atoms with Gasteiger partial charge in [-0.1, -0.05) is 26.2 Å². The number of unbranched alkanes of at least 4 members (excludes halogenated alkanes) is 1. The molecule has 1 saturated heterocycles. The van der Waals surface area contributed by atoms with Gasteiger partial charge < -0.3 is 19.2 Å². The molecule has 1 saturated carbocycles. The van der Waals surface area contributed by atoms with E-state index in [0.717, 1.165) is 55.9 Å². The molecule has 1 amide bonds. The van der Waals surface area contributed by atoms with E-state index in [1.54, 1.807) is 19.1 Å². The van der Waals surface area contributed by atoms with Gasteiger partial charge in [-0.05, 0) is 56.7 Å². The number of aliphatic hydroxyl groups is 1. The number of rotatable bonds is 6. The lowest BCUT2D eigenvalue weighted by molar-refractivity contribution is -0.149. The van der Waals surface area contributed by atoms with Gasteiger partial charge in [-0.15, -0.1) is 0 Å². The number of amides is 1. The molecule has 3 atom stereocenters. The van der Waals surface area contributed by atoms with Crippen LogP contribution < -0.4 is 10.4 Å². The first-order valence-corrected chi connectivity index (χ1v) is 11.6. The Labute approximate surface area is 183 Å². The fourth-order valence-electron chi connectivity index (χ4n) is 5.14. The number of hydrogen-bond donors (Lipinski definition) is 1. The van der Waals surface area contributed by atoms with Crippen LogP contribution >= 0.6 is 0 Å². The minimum Gasteiger partial charge on any atom is -0.481 e. The predicted molar refractivity (Wildman–Crippen MR) is 119 cm³/mol. The zero-order valence-electron chi connectivity index (χ0n) is 18.6. The number of ether oxygens (including phenoxy) is 1. The highest BCUT2D eigenvalue weighted by molar-refractivity contribution is 5.83. The third-order valence-electron chi connectivity index (χ3n) is 7.00. The predicted octanol–water partition coefficient (Wildman–Crippen LogP) is 4.06. The summed E-state index contributed by atoms with van der Waals surface area (Å²) in [7, 11) is 0. The molecule has 2 aromatic rings. The summed E-state index contributed by atoms with van der Waals surface area (Å²) in [4.78, 5) is 26.8. The molecule has 1 aromatic carbocycles. The van der Waals surface area contributed by atoms with E-state index in [-0.39, 0.29) is 17.5 Å². The highest BCUT2D eigenvalue weighted by Gasteiger charge is 2.44. The van der Waals surface area contributed by atoms with Crippen LogP contribution in [0.4, 0.5) is 0 Å². The minimum atomic E-state index is -0.651. The molecule has 31 heavy (non-hydrogen) atoms. The van der Waals surface area contributed by atoms with Crippen LogP contribution in [0.5, 0.6) is 5.75 Å². The molecule has 6 heteroatoms. The molecule has 0 bridgehead atoms. The maximum atomic E-state index is 13.0. The normalized spacial score (nSPS) is 24.6. The quantitative estimate of drug-likeness (QED) is 0.704. The Hall–Kier alpha value is -2.34. The van der Waals surface area contributed by atoms with Crippen LogP contribution in [0.25, 0.3) is 11.0 Å². The number of hydrogen-bond acceptors (Lipinski definition) is 5. The van der Waals surface area contributed by atoms with E-state index in [1.807, 2.05) is 17.0 Å². The molecule has 0 unspecified atom stereocenters. The smallest absolute Gasteiger partial charge is 0.336 e. The van der Waals surface area contributed by atoms with Gasteiger partial charge in [0.15, 0.2) is 6.10 Å². The first-order valence-electron chi connectivity index (χ1n) is 11.6. The molecule has 1 aromatic heterocycles. The lowest BCUT2D eigenvalue weighted by atomic mass is 9.71. The number of carbonyl (C=O) groups is 1. The molecule has 1 aliphatic heterocycles. The number of fused-ring (bicyclic) bond motifs is 2. The van der Waals surface area contributed by atoms with Gasteiger partial charge in [0.2, 0.25) is 0 Å². The molecular weight excluding hydrogens is 394 g/mol. The van der Waals surface area contributed by atoms with Gasteiger partial charge in [-0.25, -0.2) is 4.79 Å². The number of aryl methyl sites for hydroxylation is 1. The van der Waals surface area contributed by atoms with Crippen molar-refractivity contribution >= 4 is 16.9 Å². The molecule has 2 aliphatic rings. The van der Waals surface area contributed by atoms with Crippen LogP contribution in [0.3, 0.4) is 0 Å². The Morgan fingerprint density at radius 2 is 2.16 bits per heavy atom. The van der Waals surface area contributed by atoms with Crippen LogP contribution in [0.1, 0.15) is 64.4 Å². The van der Waals surface area contributed by atoms with E-state index < -0.39 is 11.7 Å². The van der Waals surface area contributed by atoms with E-state index in [4.69, 9.17) is 9.15 Å². The third-order valence-corrected chi connectivity index (χ3v) is 7.00. The van der Waals surface area contributed by atoms with Crippen molar-refractivity contribution in [3.8, 4) is 5.75 Å². The molecule has 6 nitrogen and oxygen atoms in total. The standard InChI is InChI=1S/C25H33NO5/c1-3-4-7-18-14-23(27)31-22-15-20(9-10-21(18)22)30-17(2)24(28)26-13-12-25(29)11-6-5-8-19(25)16-26/h9-10,14-15,17,19,29H,3-8,11-13,16H2,1-2H3/t17-,19+,25-/m1/s1. The van der Waals surface area contributed by atoms with E-state index in [2.05, 4.69) is 6.92 Å². The monoisotopic (exact) mass is 427 g/mol. The maximum Gasteiger partial charge on any atom is 0.336 e. The van der Waals surface area contributed by atoms with Crippen molar-refractivity contribution in [2.45, 2.75) is 76.9 Å². The maximum absolute atomic E-state index is 13.0. The molecular formula is C25H33NO5. The van der Waals surface area contributed by atoms with Gasteiger partial charge in [0, 0.05) is 36.5 Å². The van der Waals surface area contributed by atoms with Crippen LogP contribution in [-0.2, 0) is 11.2 Å². The lowest BCUT2D eigenvalue weighted by Gasteiger charge is -2.47. The number of carbonyl (C=O) groups excluding carboxylic acids is 1. The second-order valence-corrected chi connectivity index (χ2v) is 9.19. The molecule has 2 fully saturated rings. The van der Waals surface area contributed by atoms with Crippen molar-refractivity contribution in [3.63, 3.8) is 0 Å². The van der Waals surface area contributed by atoms with Gasteiger partial charge in [-0.3, -0.25) is 4.79 Å². The van der Waals surface area contributed by atoms with Gasteiger partial charge in [-0.2, -0.15) is 0 Å². The summed E-state index contributed by atoms with van der Waals surface area (Å²) in [5, 5.41) is 11.8. The first kappa shape index (κ1) is 21.9. The average Bonchev–Trinajstić information content (AvgIpc) is 2.75. The lowest BCUT2D eigenvalue weighted by Crippen LogP contribution is -2.56. The molecule has 0 radical (unpaired) electrons. The van der Waals surface area contributed by atoms with Crippen molar-refractivity contribution in [1.29, 1.82) is 0 Å². The number of nitrogens with zero attached hydrogens (tertiary/aromatic N) is 1. The Morgan fingerprint density at radius 1 is 1.32 bits per heavy atom. The molecule has 2 heterocycles. The highest BCUT2D eigenvalue weighted by atomic mass is 16.5. The van der Waals surface area contributed by atoms with E-state index in [0.29, 0.717) is 30.8 Å². The molecule has 168 valence electrons. The van der Waals surface area contributed by atoms with Gasteiger partial charge in [0.05, 0.1) is 5.60 Å². The summed E-state index contributed by atoms with van der Waals surface area (Å²) < 4.78 is 11.3. The third kappa shape index (κ3) is 4.64. The summed E-state index contributed by atoms with van der Waals surface area (Å²) in [6, 6.07) is 7.00. The first-order chi connectivity index (χ1) is 14.9. The number of benzene rings is 1. The zero-order chi connectivity index (χ0) is 22.0. The van der Waals surface area contributed by atoms with Crippen molar-refractivity contribution in [2.75, 3.05) is 13.1 Å². The second kappa shape index (κ2) is 9.03. The Balaban J connectivity index is 1.46. The number of piperidine rings is 1. The summed E-state index contributed by atoms with van der Waals surface area (Å²) in [6.07, 6.45) is 6.87. The molecule has 1 aliphatic carbocycles. The van der Waals surface area contributed by atoms with Crippen molar-refractivity contribution < 1.29 is 19.1 Å². The highest BCUT2D eigenvalue weighted by Crippen LogP contribution is 2.40. The molecule has 0 spiro atoms. The van der Waals surface area contributed by atoms with Gasteiger partial charge in [0.25, 0.3) is 5.91 Å². The minimum absolute atomic E-state index is 0.0640. The second-order valence-electron chi connectivity index (χ2n) is 9.19. The summed E-state index contributed by atoms with van der Waals surface area (Å²) in [5.41, 5.74) is 0.496. The Morgan fingerprint density at radius 3 is 2.97 bits per heavy atom. The largest absolute Gasteiger partial charge is 0.481 e. The SMILES string of the molecule is CCCCc1cc(=O)oc2cc(O[C@H](C)C(=O)N3CC[C@]4(O)CCCC[C@H]4C3)ccc12. The van der Waals surface area contributed by atoms with Crippen LogP contribution in [0, 0.1) is 5.92 Å². The van der Waals surface area contributed by atoms with Crippen molar-refractivity contribution in [2.24, 2.45) is 5.92 Å². The van der Waals surface area contributed by atoms with E-state index in [9.17, 15) is 14.7 Å². The Kier molecular flexibility index (Phi) is 6.37. The molecule has 4 rings (SSSR count). The fourth-order valence-corrected chi connectivity index (χ4v) is 5.14.